The summed E-state index contributed by atoms with van der Waals surface area (Å²) in [4.78, 5) is 20.4. The Morgan fingerprint density at radius 2 is 2.08 bits per heavy atom. The third-order valence-electron chi connectivity index (χ3n) is 5.67. The van der Waals surface area contributed by atoms with Crippen molar-refractivity contribution in [1.29, 1.82) is 0 Å². The number of carbonyl (C=O) groups excluding carboxylic acids is 1. The Labute approximate surface area is 158 Å². The van der Waals surface area contributed by atoms with Gasteiger partial charge in [0.05, 0.1) is 6.04 Å². The van der Waals surface area contributed by atoms with E-state index >= 15 is 0 Å². The predicted octanol–water partition coefficient (Wildman–Crippen LogP) is 4.26. The van der Waals surface area contributed by atoms with Crippen LogP contribution in [0.5, 0.6) is 0 Å². The van der Waals surface area contributed by atoms with Crippen LogP contribution in [0.4, 0.5) is 4.79 Å². The molecule has 2 amide bonds. The summed E-state index contributed by atoms with van der Waals surface area (Å²) >= 11 is 1.75. The SMILES string of the molecule is Cc1noc(C2CCN(C(=O)N[C@@H](c3cccs3)C3CCCC3)CC2)n1. The zero-order chi connectivity index (χ0) is 17.9. The minimum absolute atomic E-state index is 0.0652. The second kappa shape index (κ2) is 7.78. The number of nitrogens with zero attached hydrogens (tertiary/aromatic N) is 3. The van der Waals surface area contributed by atoms with Crippen LogP contribution in [0, 0.1) is 12.8 Å². The van der Waals surface area contributed by atoms with Crippen molar-refractivity contribution >= 4 is 17.4 Å². The Hall–Kier alpha value is -1.89. The van der Waals surface area contributed by atoms with Gasteiger partial charge in [-0.05, 0) is 50.0 Å². The Morgan fingerprint density at radius 1 is 1.31 bits per heavy atom. The van der Waals surface area contributed by atoms with Crippen molar-refractivity contribution in [2.24, 2.45) is 5.92 Å². The number of thiophene rings is 1. The summed E-state index contributed by atoms with van der Waals surface area (Å²) < 4.78 is 5.30. The van der Waals surface area contributed by atoms with Crippen LogP contribution in [0.2, 0.25) is 0 Å². The van der Waals surface area contributed by atoms with Gasteiger partial charge in [0.15, 0.2) is 5.82 Å². The first-order valence-electron chi connectivity index (χ1n) is 9.60. The van der Waals surface area contributed by atoms with Crippen LogP contribution in [0.1, 0.15) is 67.1 Å². The number of piperidine rings is 1. The van der Waals surface area contributed by atoms with Crippen molar-refractivity contribution in [3.8, 4) is 0 Å². The molecule has 2 aromatic heterocycles. The maximum atomic E-state index is 12.9. The number of likely N-dealkylation sites (tertiary alicyclic amines) is 1. The van der Waals surface area contributed by atoms with Gasteiger partial charge in [0, 0.05) is 23.9 Å². The third kappa shape index (κ3) is 3.77. The molecule has 2 aromatic rings. The summed E-state index contributed by atoms with van der Waals surface area (Å²) in [6, 6.07) is 4.45. The number of nitrogens with one attached hydrogen (secondary N) is 1. The standard InChI is InChI=1S/C19H26N4O2S/c1-13-20-18(25-22-13)15-8-10-23(11-9-15)19(24)21-17(14-5-2-3-6-14)16-7-4-12-26-16/h4,7,12,14-15,17H,2-3,5-6,8-11H2,1H3,(H,21,24)/t17-/m1/s1. The van der Waals surface area contributed by atoms with Crippen molar-refractivity contribution < 1.29 is 9.32 Å². The van der Waals surface area contributed by atoms with E-state index in [9.17, 15) is 4.79 Å². The molecule has 1 saturated heterocycles. The molecule has 7 heteroatoms. The second-order valence-electron chi connectivity index (χ2n) is 7.43. The van der Waals surface area contributed by atoms with Crippen LogP contribution < -0.4 is 5.32 Å². The van der Waals surface area contributed by atoms with Gasteiger partial charge in [0.1, 0.15) is 0 Å². The van der Waals surface area contributed by atoms with E-state index in [2.05, 4.69) is 33.0 Å². The lowest BCUT2D eigenvalue weighted by Crippen LogP contribution is -2.46. The fourth-order valence-corrected chi connectivity index (χ4v) is 5.08. The molecule has 3 heterocycles. The Bertz CT molecular complexity index is 716. The number of urea groups is 1. The van der Waals surface area contributed by atoms with E-state index in [1.165, 1.54) is 30.6 Å². The quantitative estimate of drug-likeness (QED) is 0.868. The van der Waals surface area contributed by atoms with Crippen LogP contribution in [-0.4, -0.2) is 34.2 Å². The average Bonchev–Trinajstić information content (AvgIpc) is 3.42. The summed E-state index contributed by atoms with van der Waals surface area (Å²) in [6.45, 7) is 3.31. The van der Waals surface area contributed by atoms with Gasteiger partial charge in [-0.15, -0.1) is 11.3 Å². The highest BCUT2D eigenvalue weighted by molar-refractivity contribution is 7.10. The Balaban J connectivity index is 1.36. The van der Waals surface area contributed by atoms with E-state index in [1.54, 1.807) is 11.3 Å². The third-order valence-corrected chi connectivity index (χ3v) is 6.63. The molecule has 4 rings (SSSR count). The lowest BCUT2D eigenvalue weighted by molar-refractivity contribution is 0.168. The summed E-state index contributed by atoms with van der Waals surface area (Å²) in [5.74, 6) is 2.22. The fraction of sp³-hybridized carbons (Fsp3) is 0.632. The van der Waals surface area contributed by atoms with E-state index in [4.69, 9.17) is 4.52 Å². The first-order valence-corrected chi connectivity index (χ1v) is 10.5. The van der Waals surface area contributed by atoms with Crippen LogP contribution in [0.25, 0.3) is 0 Å². The lowest BCUT2D eigenvalue weighted by atomic mass is 9.96. The molecule has 6 nitrogen and oxygen atoms in total. The number of aryl methyl sites for hydroxylation is 1. The van der Waals surface area contributed by atoms with Crippen LogP contribution in [0.15, 0.2) is 22.0 Å². The molecule has 26 heavy (non-hydrogen) atoms. The topological polar surface area (TPSA) is 71.3 Å². The lowest BCUT2D eigenvalue weighted by Gasteiger charge is -2.33. The second-order valence-corrected chi connectivity index (χ2v) is 8.41. The molecule has 0 aromatic carbocycles. The smallest absolute Gasteiger partial charge is 0.317 e. The van der Waals surface area contributed by atoms with Gasteiger partial charge >= 0.3 is 6.03 Å². The number of aromatic nitrogens is 2. The Kier molecular flexibility index (Phi) is 5.24. The molecule has 2 fully saturated rings. The number of hydrogen-bond donors (Lipinski definition) is 1. The number of carbonyl (C=O) groups is 1. The van der Waals surface area contributed by atoms with Gasteiger partial charge in [0.2, 0.25) is 5.89 Å². The van der Waals surface area contributed by atoms with Crippen LogP contribution in [0.3, 0.4) is 0 Å². The number of hydrogen-bond acceptors (Lipinski definition) is 5. The van der Waals surface area contributed by atoms with Crippen molar-refractivity contribution in [2.75, 3.05) is 13.1 Å². The van der Waals surface area contributed by atoms with Crippen LogP contribution in [-0.2, 0) is 0 Å². The largest absolute Gasteiger partial charge is 0.339 e. The van der Waals surface area contributed by atoms with Crippen molar-refractivity contribution in [2.45, 2.75) is 57.4 Å². The van der Waals surface area contributed by atoms with Gasteiger partial charge < -0.3 is 14.7 Å². The molecule has 1 N–H and O–H groups in total. The summed E-state index contributed by atoms with van der Waals surface area (Å²) in [7, 11) is 0. The minimum atomic E-state index is 0.0652. The fourth-order valence-electron chi connectivity index (χ4n) is 4.21. The highest BCUT2D eigenvalue weighted by Gasteiger charge is 2.32. The molecule has 1 saturated carbocycles. The zero-order valence-electron chi connectivity index (χ0n) is 15.2. The summed E-state index contributed by atoms with van der Waals surface area (Å²) in [5, 5.41) is 9.31. The molecule has 0 radical (unpaired) electrons. The van der Waals surface area contributed by atoms with Crippen molar-refractivity contribution in [3.05, 3.63) is 34.1 Å². The first-order chi connectivity index (χ1) is 12.7. The van der Waals surface area contributed by atoms with Gasteiger partial charge in [-0.25, -0.2) is 4.79 Å². The number of rotatable bonds is 4. The first kappa shape index (κ1) is 17.5. The molecule has 1 atom stereocenters. The van der Waals surface area contributed by atoms with E-state index < -0.39 is 0 Å². The average molecular weight is 375 g/mol. The highest BCUT2D eigenvalue weighted by atomic mass is 32.1. The molecule has 140 valence electrons. The van der Waals surface area contributed by atoms with E-state index in [1.807, 2.05) is 11.8 Å². The molecule has 0 unspecified atom stereocenters. The molecular formula is C19H26N4O2S. The van der Waals surface area contributed by atoms with E-state index in [0.717, 1.165) is 25.9 Å². The normalized spacial score (nSPS) is 20.4. The zero-order valence-corrected chi connectivity index (χ0v) is 16.0. The molecule has 0 spiro atoms. The molecular weight excluding hydrogens is 348 g/mol. The monoisotopic (exact) mass is 374 g/mol. The summed E-state index contributed by atoms with van der Waals surface area (Å²) in [5.41, 5.74) is 0. The van der Waals surface area contributed by atoms with Gasteiger partial charge in [-0.3, -0.25) is 0 Å². The van der Waals surface area contributed by atoms with Crippen molar-refractivity contribution in [3.63, 3.8) is 0 Å². The van der Waals surface area contributed by atoms with Crippen molar-refractivity contribution in [1.82, 2.24) is 20.4 Å². The molecule has 1 aliphatic heterocycles. The van der Waals surface area contributed by atoms with Gasteiger partial charge in [-0.2, -0.15) is 4.98 Å². The summed E-state index contributed by atoms with van der Waals surface area (Å²) in [6.07, 6.45) is 6.72. The number of amides is 2. The highest BCUT2D eigenvalue weighted by Crippen LogP contribution is 2.37. The predicted molar refractivity (Wildman–Crippen MR) is 100 cm³/mol. The van der Waals surface area contributed by atoms with Crippen LogP contribution >= 0.6 is 11.3 Å². The molecule has 2 aliphatic rings. The van der Waals surface area contributed by atoms with Gasteiger partial charge in [-0.1, -0.05) is 24.1 Å². The van der Waals surface area contributed by atoms with Gasteiger partial charge in [0.25, 0.3) is 0 Å². The maximum absolute atomic E-state index is 12.9. The van der Waals surface area contributed by atoms with E-state index in [-0.39, 0.29) is 18.0 Å². The maximum Gasteiger partial charge on any atom is 0.317 e. The molecule has 0 bridgehead atoms. The van der Waals surface area contributed by atoms with E-state index in [0.29, 0.717) is 17.6 Å². The Morgan fingerprint density at radius 3 is 2.69 bits per heavy atom. The molecule has 1 aliphatic carbocycles. The minimum Gasteiger partial charge on any atom is -0.339 e.